The van der Waals surface area contributed by atoms with Crippen LogP contribution in [0.15, 0.2) is 18.3 Å². The molecule has 1 saturated heterocycles. The molecule has 2 heterocycles. The van der Waals surface area contributed by atoms with Crippen molar-refractivity contribution in [1.29, 1.82) is 0 Å². The predicted molar refractivity (Wildman–Crippen MR) is 75.8 cm³/mol. The molecule has 0 aromatic carbocycles. The van der Waals surface area contributed by atoms with Crippen molar-refractivity contribution in [2.24, 2.45) is 5.73 Å². The summed E-state index contributed by atoms with van der Waals surface area (Å²) in [5.74, 6) is 0. The number of piperazine rings is 1. The van der Waals surface area contributed by atoms with E-state index >= 15 is 0 Å². The first kappa shape index (κ1) is 13.3. The summed E-state index contributed by atoms with van der Waals surface area (Å²) in [4.78, 5) is 9.34. The number of aromatic nitrogens is 1. The zero-order valence-corrected chi connectivity index (χ0v) is 11.6. The quantitative estimate of drug-likeness (QED) is 0.883. The SMILES string of the molecule is CC(C)N1CCN(c2ccc([C@H](C)N)nc2)CC1. The van der Waals surface area contributed by atoms with Gasteiger partial charge < -0.3 is 10.6 Å². The molecule has 1 aromatic heterocycles. The van der Waals surface area contributed by atoms with Crippen molar-refractivity contribution < 1.29 is 0 Å². The maximum Gasteiger partial charge on any atom is 0.0569 e. The number of pyridine rings is 1. The minimum atomic E-state index is 0.0110. The largest absolute Gasteiger partial charge is 0.368 e. The van der Waals surface area contributed by atoms with Gasteiger partial charge in [-0.15, -0.1) is 0 Å². The van der Waals surface area contributed by atoms with Gasteiger partial charge in [-0.3, -0.25) is 9.88 Å². The first-order valence-corrected chi connectivity index (χ1v) is 6.78. The molecular weight excluding hydrogens is 224 g/mol. The van der Waals surface area contributed by atoms with E-state index in [-0.39, 0.29) is 6.04 Å². The number of anilines is 1. The van der Waals surface area contributed by atoms with Crippen LogP contribution in [-0.2, 0) is 0 Å². The van der Waals surface area contributed by atoms with Gasteiger partial charge >= 0.3 is 0 Å². The first-order valence-electron chi connectivity index (χ1n) is 6.78. The van der Waals surface area contributed by atoms with Crippen LogP contribution < -0.4 is 10.6 Å². The van der Waals surface area contributed by atoms with Gasteiger partial charge in [-0.2, -0.15) is 0 Å². The summed E-state index contributed by atoms with van der Waals surface area (Å²) in [5.41, 5.74) is 7.98. The minimum Gasteiger partial charge on any atom is -0.368 e. The first-order chi connectivity index (χ1) is 8.58. The van der Waals surface area contributed by atoms with Crippen molar-refractivity contribution in [3.05, 3.63) is 24.0 Å². The van der Waals surface area contributed by atoms with E-state index in [0.717, 1.165) is 31.9 Å². The average Bonchev–Trinajstić information content (AvgIpc) is 2.39. The van der Waals surface area contributed by atoms with Crippen LogP contribution in [-0.4, -0.2) is 42.1 Å². The molecule has 0 unspecified atom stereocenters. The molecular formula is C14H24N4. The second-order valence-electron chi connectivity index (χ2n) is 5.35. The highest BCUT2D eigenvalue weighted by atomic mass is 15.3. The molecule has 1 aromatic rings. The molecule has 1 fully saturated rings. The molecule has 2 rings (SSSR count). The lowest BCUT2D eigenvalue weighted by atomic mass is 10.2. The van der Waals surface area contributed by atoms with Gasteiger partial charge in [0.05, 0.1) is 17.6 Å². The topological polar surface area (TPSA) is 45.4 Å². The molecule has 4 heteroatoms. The Balaban J connectivity index is 1.97. The van der Waals surface area contributed by atoms with E-state index in [0.29, 0.717) is 6.04 Å². The lowest BCUT2D eigenvalue weighted by molar-refractivity contribution is 0.209. The van der Waals surface area contributed by atoms with Gasteiger partial charge in [0.25, 0.3) is 0 Å². The molecule has 100 valence electrons. The summed E-state index contributed by atoms with van der Waals surface area (Å²) in [6.07, 6.45) is 1.95. The maximum atomic E-state index is 5.81. The maximum absolute atomic E-state index is 5.81. The van der Waals surface area contributed by atoms with E-state index in [1.807, 2.05) is 19.2 Å². The molecule has 1 atom stereocenters. The van der Waals surface area contributed by atoms with Crippen LogP contribution >= 0.6 is 0 Å². The number of hydrogen-bond donors (Lipinski definition) is 1. The predicted octanol–water partition coefficient (Wildman–Crippen LogP) is 1.63. The van der Waals surface area contributed by atoms with Crippen LogP contribution in [0.4, 0.5) is 5.69 Å². The van der Waals surface area contributed by atoms with Gasteiger partial charge in [0.1, 0.15) is 0 Å². The van der Waals surface area contributed by atoms with Gasteiger partial charge in [0, 0.05) is 38.3 Å². The minimum absolute atomic E-state index is 0.0110. The molecule has 0 bridgehead atoms. The Labute approximate surface area is 110 Å². The van der Waals surface area contributed by atoms with E-state index in [1.165, 1.54) is 5.69 Å². The van der Waals surface area contributed by atoms with Crippen molar-refractivity contribution in [3.63, 3.8) is 0 Å². The molecule has 0 amide bonds. The van der Waals surface area contributed by atoms with Gasteiger partial charge in [-0.25, -0.2) is 0 Å². The molecule has 0 aliphatic carbocycles. The Morgan fingerprint density at radius 2 is 1.78 bits per heavy atom. The summed E-state index contributed by atoms with van der Waals surface area (Å²) in [6, 6.07) is 4.83. The Kier molecular flexibility index (Phi) is 4.19. The van der Waals surface area contributed by atoms with Crippen LogP contribution in [0.5, 0.6) is 0 Å². The zero-order chi connectivity index (χ0) is 13.1. The van der Waals surface area contributed by atoms with Gasteiger partial charge in [0.2, 0.25) is 0 Å². The van der Waals surface area contributed by atoms with E-state index < -0.39 is 0 Å². The van der Waals surface area contributed by atoms with Crippen LogP contribution in [0, 0.1) is 0 Å². The Morgan fingerprint density at radius 1 is 1.11 bits per heavy atom. The Hall–Kier alpha value is -1.13. The number of rotatable bonds is 3. The Bertz CT molecular complexity index is 364. The fourth-order valence-corrected chi connectivity index (χ4v) is 2.35. The van der Waals surface area contributed by atoms with Crippen molar-refractivity contribution >= 4 is 5.69 Å². The summed E-state index contributed by atoms with van der Waals surface area (Å²) in [6.45, 7) is 10.9. The van der Waals surface area contributed by atoms with Gasteiger partial charge in [-0.1, -0.05) is 0 Å². The van der Waals surface area contributed by atoms with Crippen molar-refractivity contribution in [2.45, 2.75) is 32.9 Å². The van der Waals surface area contributed by atoms with Crippen LogP contribution in [0.1, 0.15) is 32.5 Å². The fraction of sp³-hybridized carbons (Fsp3) is 0.643. The highest BCUT2D eigenvalue weighted by Crippen LogP contribution is 2.18. The van der Waals surface area contributed by atoms with E-state index in [2.05, 4.69) is 34.7 Å². The van der Waals surface area contributed by atoms with Gasteiger partial charge in [-0.05, 0) is 32.9 Å². The van der Waals surface area contributed by atoms with E-state index in [4.69, 9.17) is 5.73 Å². The third kappa shape index (κ3) is 3.00. The normalized spacial score (nSPS) is 19.3. The summed E-state index contributed by atoms with van der Waals surface area (Å²) in [7, 11) is 0. The zero-order valence-electron chi connectivity index (χ0n) is 11.6. The smallest absolute Gasteiger partial charge is 0.0569 e. The molecule has 18 heavy (non-hydrogen) atoms. The highest BCUT2D eigenvalue weighted by molar-refractivity contribution is 5.45. The van der Waals surface area contributed by atoms with Crippen molar-refractivity contribution in [3.8, 4) is 0 Å². The van der Waals surface area contributed by atoms with Crippen molar-refractivity contribution in [2.75, 3.05) is 31.1 Å². The van der Waals surface area contributed by atoms with Crippen LogP contribution in [0.2, 0.25) is 0 Å². The van der Waals surface area contributed by atoms with Gasteiger partial charge in [0.15, 0.2) is 0 Å². The molecule has 2 N–H and O–H groups in total. The van der Waals surface area contributed by atoms with Crippen LogP contribution in [0.25, 0.3) is 0 Å². The van der Waals surface area contributed by atoms with E-state index in [9.17, 15) is 0 Å². The van der Waals surface area contributed by atoms with Crippen LogP contribution in [0.3, 0.4) is 0 Å². The number of nitrogens with zero attached hydrogens (tertiary/aromatic N) is 3. The molecule has 1 aliphatic heterocycles. The standard InChI is InChI=1S/C14H24N4/c1-11(2)17-6-8-18(9-7-17)13-4-5-14(12(3)15)16-10-13/h4-5,10-12H,6-9,15H2,1-3H3/t12-/m0/s1. The fourth-order valence-electron chi connectivity index (χ4n) is 2.35. The Morgan fingerprint density at radius 3 is 2.22 bits per heavy atom. The summed E-state index contributed by atoms with van der Waals surface area (Å²) >= 11 is 0. The molecule has 0 spiro atoms. The lowest BCUT2D eigenvalue weighted by Crippen LogP contribution is -2.48. The number of hydrogen-bond acceptors (Lipinski definition) is 4. The van der Waals surface area contributed by atoms with Crippen molar-refractivity contribution in [1.82, 2.24) is 9.88 Å². The number of nitrogens with two attached hydrogens (primary N) is 1. The van der Waals surface area contributed by atoms with E-state index in [1.54, 1.807) is 0 Å². The summed E-state index contributed by atoms with van der Waals surface area (Å²) < 4.78 is 0. The molecule has 0 radical (unpaired) electrons. The highest BCUT2D eigenvalue weighted by Gasteiger charge is 2.19. The second kappa shape index (κ2) is 5.67. The molecule has 1 aliphatic rings. The molecule has 4 nitrogen and oxygen atoms in total. The average molecular weight is 248 g/mol. The molecule has 0 saturated carbocycles. The third-order valence-electron chi connectivity index (χ3n) is 3.65. The monoisotopic (exact) mass is 248 g/mol. The lowest BCUT2D eigenvalue weighted by Gasteiger charge is -2.38. The second-order valence-corrected chi connectivity index (χ2v) is 5.35. The summed E-state index contributed by atoms with van der Waals surface area (Å²) in [5, 5.41) is 0. The third-order valence-corrected chi connectivity index (χ3v) is 3.65.